The van der Waals surface area contributed by atoms with Crippen LogP contribution in [0, 0.1) is 52.3 Å². The molecular formula is C57H94O28. The molecule has 4 aliphatic carbocycles. The first kappa shape index (κ1) is 65.4. The fourth-order valence-corrected chi connectivity index (χ4v) is 17.6. The van der Waals surface area contributed by atoms with Crippen LogP contribution in [0.3, 0.4) is 0 Å². The van der Waals surface area contributed by atoms with E-state index in [1.54, 1.807) is 0 Å². The minimum Gasteiger partial charge on any atom is -0.394 e. The van der Waals surface area contributed by atoms with Crippen molar-refractivity contribution in [1.29, 1.82) is 0 Å². The van der Waals surface area contributed by atoms with Crippen molar-refractivity contribution in [1.82, 2.24) is 0 Å². The highest BCUT2D eigenvalue weighted by molar-refractivity contribution is 5.19. The molecule has 38 atom stereocenters. The summed E-state index contributed by atoms with van der Waals surface area (Å²) in [4.78, 5) is 0. The Morgan fingerprint density at radius 2 is 0.929 bits per heavy atom. The number of rotatable bonds is 14. The molecule has 38 unspecified atom stereocenters. The lowest BCUT2D eigenvalue weighted by Gasteiger charge is -2.61. The molecule has 0 aromatic rings. The maximum atomic E-state index is 12.3. The van der Waals surface area contributed by atoms with Crippen molar-refractivity contribution in [3.05, 3.63) is 0 Å². The molecular weight excluding hydrogens is 1130 g/mol. The highest BCUT2D eigenvalue weighted by Crippen LogP contribution is 2.71. The van der Waals surface area contributed by atoms with E-state index in [0.717, 1.165) is 44.9 Å². The van der Waals surface area contributed by atoms with Gasteiger partial charge in [0, 0.05) is 18.3 Å². The van der Waals surface area contributed by atoms with Crippen molar-refractivity contribution in [2.24, 2.45) is 52.3 Å². The average molecular weight is 1230 g/mol. The van der Waals surface area contributed by atoms with Gasteiger partial charge in [-0.25, -0.2) is 0 Å². The minimum atomic E-state index is -2.16. The van der Waals surface area contributed by atoms with Gasteiger partial charge in [-0.2, -0.15) is 0 Å². The molecule has 16 N–H and O–H groups in total. The summed E-state index contributed by atoms with van der Waals surface area (Å²) in [6.07, 6.45) is -39.1. The van der Waals surface area contributed by atoms with E-state index in [0.29, 0.717) is 37.2 Å². The minimum absolute atomic E-state index is 0.0746. The second kappa shape index (κ2) is 25.4. The van der Waals surface area contributed by atoms with Crippen LogP contribution in [-0.2, 0) is 56.8 Å². The lowest BCUT2D eigenvalue weighted by atomic mass is 9.44. The van der Waals surface area contributed by atoms with E-state index in [1.807, 2.05) is 0 Å². The maximum Gasteiger partial charge on any atom is 0.187 e. The zero-order chi connectivity index (χ0) is 61.1. The molecule has 11 rings (SSSR count). The van der Waals surface area contributed by atoms with E-state index in [9.17, 15) is 81.7 Å². The first-order valence-electron chi connectivity index (χ1n) is 30.8. The molecule has 7 heterocycles. The Hall–Kier alpha value is -1.12. The summed E-state index contributed by atoms with van der Waals surface area (Å²) >= 11 is 0. The van der Waals surface area contributed by atoms with Crippen molar-refractivity contribution >= 4 is 0 Å². The van der Waals surface area contributed by atoms with Gasteiger partial charge in [0.15, 0.2) is 37.2 Å². The van der Waals surface area contributed by atoms with E-state index in [4.69, 9.17) is 56.8 Å². The molecule has 4 saturated carbocycles. The van der Waals surface area contributed by atoms with Crippen molar-refractivity contribution < 1.29 is 139 Å². The van der Waals surface area contributed by atoms with E-state index in [1.165, 1.54) is 6.92 Å². The number of aliphatic hydroxyl groups excluding tert-OH is 16. The van der Waals surface area contributed by atoms with Gasteiger partial charge < -0.3 is 139 Å². The Morgan fingerprint density at radius 1 is 0.424 bits per heavy atom. The fourth-order valence-electron chi connectivity index (χ4n) is 17.6. The molecule has 0 aromatic heterocycles. The van der Waals surface area contributed by atoms with E-state index >= 15 is 0 Å². The molecule has 0 amide bonds. The summed E-state index contributed by atoms with van der Waals surface area (Å²) in [6.45, 7) is 7.53. The third-order valence-corrected chi connectivity index (χ3v) is 22.5. The Bertz CT molecular complexity index is 2210. The average Bonchev–Trinajstić information content (AvgIpc) is 1.59. The van der Waals surface area contributed by atoms with E-state index in [-0.39, 0.29) is 40.6 Å². The van der Waals surface area contributed by atoms with Crippen LogP contribution >= 0.6 is 0 Å². The van der Waals surface area contributed by atoms with Crippen molar-refractivity contribution in [2.45, 2.75) is 270 Å². The monoisotopic (exact) mass is 1230 g/mol. The van der Waals surface area contributed by atoms with Gasteiger partial charge in [-0.15, -0.1) is 0 Å². The molecule has 28 nitrogen and oxygen atoms in total. The number of hydrogen-bond donors (Lipinski definition) is 16. The third kappa shape index (κ3) is 11.3. The van der Waals surface area contributed by atoms with Crippen LogP contribution < -0.4 is 0 Å². The van der Waals surface area contributed by atoms with Crippen LogP contribution in [0.1, 0.15) is 92.4 Å². The van der Waals surface area contributed by atoms with Crippen LogP contribution in [0.2, 0.25) is 0 Å². The van der Waals surface area contributed by atoms with Gasteiger partial charge in [-0.05, 0) is 98.7 Å². The topological polar surface area (TPSA) is 434 Å². The van der Waals surface area contributed by atoms with E-state index < -0.39 is 198 Å². The predicted molar refractivity (Wildman–Crippen MR) is 281 cm³/mol. The number of fused-ring (bicyclic) bond motifs is 7. The molecule has 490 valence electrons. The fraction of sp³-hybridized carbons (Fsp3) is 1.00. The lowest BCUT2D eigenvalue weighted by Crippen LogP contribution is -2.69. The Morgan fingerprint density at radius 3 is 1.53 bits per heavy atom. The molecule has 1 spiro atoms. The third-order valence-electron chi connectivity index (χ3n) is 22.5. The van der Waals surface area contributed by atoms with Gasteiger partial charge in [-0.1, -0.05) is 27.7 Å². The first-order chi connectivity index (χ1) is 40.3. The Labute approximate surface area is 492 Å². The molecule has 11 fully saturated rings. The van der Waals surface area contributed by atoms with Crippen molar-refractivity contribution in [3.63, 3.8) is 0 Å². The molecule has 85 heavy (non-hydrogen) atoms. The summed E-state index contributed by atoms with van der Waals surface area (Å²) < 4.78 is 73.3. The van der Waals surface area contributed by atoms with Gasteiger partial charge in [0.25, 0.3) is 0 Å². The smallest absolute Gasteiger partial charge is 0.187 e. The molecule has 7 saturated heterocycles. The van der Waals surface area contributed by atoms with Crippen LogP contribution in [0.5, 0.6) is 0 Å². The van der Waals surface area contributed by atoms with Crippen LogP contribution in [0.4, 0.5) is 0 Å². The second-order valence-electron chi connectivity index (χ2n) is 27.2. The second-order valence-corrected chi connectivity index (χ2v) is 27.2. The zero-order valence-electron chi connectivity index (χ0n) is 48.7. The predicted octanol–water partition coefficient (Wildman–Crippen LogP) is -5.09. The Balaban J connectivity index is 0.777. The van der Waals surface area contributed by atoms with Crippen LogP contribution in [0.15, 0.2) is 0 Å². The SMILES string of the molecule is CC1CCC2(OC1)OC1C(O)C3C4CCC5CC(OC6OC(CO)C(OC7OC(CO)C(O)C(OC8OC(CO)C(OC9OC(C)C(O)C(O)C9O)C(O)C8O)C7OC7OC(CO)C(O)C(O)C7O)C(O)C6O)CCC5(C)C4CCC3(C)C1C2C. The van der Waals surface area contributed by atoms with Gasteiger partial charge >= 0.3 is 0 Å². The lowest BCUT2D eigenvalue weighted by molar-refractivity contribution is -0.410. The van der Waals surface area contributed by atoms with Crippen molar-refractivity contribution in [2.75, 3.05) is 33.0 Å². The highest BCUT2D eigenvalue weighted by atomic mass is 16.8. The highest BCUT2D eigenvalue weighted by Gasteiger charge is 2.73. The molecule has 0 aromatic carbocycles. The number of ether oxygens (including phenoxy) is 12. The number of aliphatic hydroxyl groups is 16. The molecule has 0 bridgehead atoms. The first-order valence-corrected chi connectivity index (χ1v) is 30.8. The molecule has 0 radical (unpaired) electrons. The normalized spacial score (nSPS) is 58.1. The summed E-state index contributed by atoms with van der Waals surface area (Å²) in [5, 5.41) is 177. The molecule has 7 aliphatic heterocycles. The summed E-state index contributed by atoms with van der Waals surface area (Å²) in [5.41, 5.74) is -0.181. The van der Waals surface area contributed by atoms with E-state index in [2.05, 4.69) is 27.7 Å². The largest absolute Gasteiger partial charge is 0.394 e. The number of hydrogen-bond acceptors (Lipinski definition) is 28. The summed E-state index contributed by atoms with van der Waals surface area (Å²) in [5.74, 6) is 1.12. The summed E-state index contributed by atoms with van der Waals surface area (Å²) in [7, 11) is 0. The standard InChI is InChI=1S/C57H94O28/c1-20-8-13-57(74-19-20)21(2)31-47(85-57)36(65)32-25-7-6-23-14-24(9-11-55(23,4)26(25)10-12-56(31,32)5)76-51-43(72)39(68)46(30(18-61)79-51)82-54-49(84-52-42(71)38(67)34(63)27(15-58)77-52)48(35(64)28(16-59)78-54)83-53-44(73)40(69)45(29(17-60)80-53)81-50-41(70)37(66)33(62)22(3)75-50/h20-54,58-73H,6-19H2,1-5H3. The molecule has 11 aliphatic rings. The maximum absolute atomic E-state index is 12.3. The van der Waals surface area contributed by atoms with Crippen molar-refractivity contribution in [3.8, 4) is 0 Å². The zero-order valence-corrected chi connectivity index (χ0v) is 48.7. The van der Waals surface area contributed by atoms with Gasteiger partial charge in [-0.3, -0.25) is 0 Å². The van der Waals surface area contributed by atoms with Gasteiger partial charge in [0.1, 0.15) is 116 Å². The Kier molecular flexibility index (Phi) is 19.5. The summed E-state index contributed by atoms with van der Waals surface area (Å²) in [6, 6.07) is 0. The van der Waals surface area contributed by atoms with Crippen LogP contribution in [0.25, 0.3) is 0 Å². The van der Waals surface area contributed by atoms with Gasteiger partial charge in [0.05, 0.1) is 57.5 Å². The quantitative estimate of drug-likeness (QED) is 0.0724. The van der Waals surface area contributed by atoms with Gasteiger partial charge in [0.2, 0.25) is 0 Å². The molecule has 28 heteroatoms. The van der Waals surface area contributed by atoms with Crippen LogP contribution in [-0.4, -0.2) is 292 Å².